The zero-order valence-corrected chi connectivity index (χ0v) is 15.9. The summed E-state index contributed by atoms with van der Waals surface area (Å²) in [5.41, 5.74) is 3.11. The molecule has 1 aromatic carbocycles. The molecule has 0 aliphatic rings. The molecule has 6 heteroatoms. The fraction of sp³-hybridized carbons (Fsp3) is 0.421. The first-order valence-corrected chi connectivity index (χ1v) is 9.53. The quantitative estimate of drug-likeness (QED) is 0.788. The van der Waals surface area contributed by atoms with E-state index in [2.05, 4.69) is 41.5 Å². The zero-order chi connectivity index (χ0) is 18.2. The molecule has 0 radical (unpaired) electrons. The summed E-state index contributed by atoms with van der Waals surface area (Å²) in [6.07, 6.45) is 1.23. The molecule has 0 fully saturated rings. The van der Waals surface area contributed by atoms with Gasteiger partial charge in [0, 0.05) is 24.0 Å². The van der Waals surface area contributed by atoms with E-state index in [1.165, 1.54) is 16.9 Å². The molecular weight excluding hydrogens is 334 g/mol. The van der Waals surface area contributed by atoms with Gasteiger partial charge in [-0.25, -0.2) is 4.98 Å². The predicted octanol–water partition coefficient (Wildman–Crippen LogP) is 2.90. The largest absolute Gasteiger partial charge is 0.355 e. The van der Waals surface area contributed by atoms with Crippen LogP contribution in [0.5, 0.6) is 0 Å². The molecule has 0 saturated carbocycles. The second-order valence-electron chi connectivity index (χ2n) is 5.73. The number of thiazole rings is 1. The van der Waals surface area contributed by atoms with Gasteiger partial charge in [-0.15, -0.1) is 11.3 Å². The van der Waals surface area contributed by atoms with E-state index in [-0.39, 0.29) is 24.8 Å². The molecule has 0 atom stereocenters. The van der Waals surface area contributed by atoms with Crippen LogP contribution in [0.3, 0.4) is 0 Å². The van der Waals surface area contributed by atoms with Crippen LogP contribution in [0.2, 0.25) is 0 Å². The number of carbonyl (C=O) groups is 2. The number of benzene rings is 1. The fourth-order valence-corrected chi connectivity index (χ4v) is 3.30. The molecule has 0 aliphatic heterocycles. The maximum Gasteiger partial charge on any atom is 0.239 e. The summed E-state index contributed by atoms with van der Waals surface area (Å²) in [6, 6.07) is 8.34. The average Bonchev–Trinajstić information content (AvgIpc) is 3.08. The topological polar surface area (TPSA) is 62.3 Å². The number of aromatic nitrogens is 1. The Labute approximate surface area is 153 Å². The van der Waals surface area contributed by atoms with E-state index in [9.17, 15) is 9.59 Å². The highest BCUT2D eigenvalue weighted by molar-refractivity contribution is 7.13. The van der Waals surface area contributed by atoms with Gasteiger partial charge >= 0.3 is 0 Å². The summed E-state index contributed by atoms with van der Waals surface area (Å²) in [5, 5.41) is 5.55. The highest BCUT2D eigenvalue weighted by Crippen LogP contribution is 2.24. The standard InChI is InChI=1S/C19H25N3O2S/c1-4-14-7-9-15(10-8-14)19-21-16(13-25-19)11-18(24)22(6-3)12-17(23)20-5-2/h7-10,13H,4-6,11-12H2,1-3H3,(H,20,23). The second kappa shape index (κ2) is 9.32. The third kappa shape index (κ3) is 5.39. The number of likely N-dealkylation sites (N-methyl/N-ethyl adjacent to an activating group) is 2. The maximum atomic E-state index is 12.4. The van der Waals surface area contributed by atoms with Crippen LogP contribution in [0, 0.1) is 0 Å². The molecule has 1 N–H and O–H groups in total. The summed E-state index contributed by atoms with van der Waals surface area (Å²) in [7, 11) is 0. The number of nitrogens with zero attached hydrogens (tertiary/aromatic N) is 2. The smallest absolute Gasteiger partial charge is 0.239 e. The van der Waals surface area contributed by atoms with Crippen molar-refractivity contribution in [2.24, 2.45) is 0 Å². The Morgan fingerprint density at radius 3 is 2.48 bits per heavy atom. The first-order chi connectivity index (χ1) is 12.1. The van der Waals surface area contributed by atoms with E-state index in [1.54, 1.807) is 4.90 Å². The minimum Gasteiger partial charge on any atom is -0.355 e. The zero-order valence-electron chi connectivity index (χ0n) is 15.0. The van der Waals surface area contributed by atoms with Gasteiger partial charge in [-0.3, -0.25) is 9.59 Å². The number of carbonyl (C=O) groups excluding carboxylic acids is 2. The summed E-state index contributed by atoms with van der Waals surface area (Å²) in [5.74, 6) is -0.209. The van der Waals surface area contributed by atoms with Gasteiger partial charge in [-0.2, -0.15) is 0 Å². The van der Waals surface area contributed by atoms with Crippen LogP contribution < -0.4 is 5.32 Å². The lowest BCUT2D eigenvalue weighted by Crippen LogP contribution is -2.41. The lowest BCUT2D eigenvalue weighted by Gasteiger charge is -2.19. The Hall–Kier alpha value is -2.21. The number of rotatable bonds is 8. The number of hydrogen-bond acceptors (Lipinski definition) is 4. The van der Waals surface area contributed by atoms with Gasteiger partial charge < -0.3 is 10.2 Å². The SMILES string of the molecule is CCNC(=O)CN(CC)C(=O)Cc1csc(-c2ccc(CC)cc2)n1. The van der Waals surface area contributed by atoms with Crippen LogP contribution in [0.1, 0.15) is 32.0 Å². The molecule has 0 bridgehead atoms. The lowest BCUT2D eigenvalue weighted by molar-refractivity contribution is -0.135. The molecule has 5 nitrogen and oxygen atoms in total. The van der Waals surface area contributed by atoms with Crippen molar-refractivity contribution < 1.29 is 9.59 Å². The normalized spacial score (nSPS) is 10.5. The van der Waals surface area contributed by atoms with Crippen molar-refractivity contribution in [2.45, 2.75) is 33.6 Å². The molecule has 0 unspecified atom stereocenters. The summed E-state index contributed by atoms with van der Waals surface area (Å²) < 4.78 is 0. The summed E-state index contributed by atoms with van der Waals surface area (Å²) in [4.78, 5) is 30.2. The minimum atomic E-state index is -0.132. The van der Waals surface area contributed by atoms with Gasteiger partial charge in [-0.1, -0.05) is 31.2 Å². The predicted molar refractivity (Wildman–Crippen MR) is 102 cm³/mol. The van der Waals surface area contributed by atoms with E-state index < -0.39 is 0 Å². The highest BCUT2D eigenvalue weighted by Gasteiger charge is 2.17. The molecule has 2 rings (SSSR count). The van der Waals surface area contributed by atoms with Crippen molar-refractivity contribution in [3.8, 4) is 10.6 Å². The maximum absolute atomic E-state index is 12.4. The third-order valence-electron chi connectivity index (χ3n) is 3.94. The minimum absolute atomic E-state index is 0.0769. The Balaban J connectivity index is 2.01. The number of nitrogens with one attached hydrogen (secondary N) is 1. The van der Waals surface area contributed by atoms with Crippen molar-refractivity contribution in [1.82, 2.24) is 15.2 Å². The first kappa shape index (κ1) is 19.1. The van der Waals surface area contributed by atoms with Crippen molar-refractivity contribution in [2.75, 3.05) is 19.6 Å². The average molecular weight is 359 g/mol. The number of hydrogen-bond donors (Lipinski definition) is 1. The molecule has 1 heterocycles. The molecule has 134 valence electrons. The molecule has 2 amide bonds. The monoisotopic (exact) mass is 359 g/mol. The van der Waals surface area contributed by atoms with Crippen molar-refractivity contribution >= 4 is 23.2 Å². The Morgan fingerprint density at radius 2 is 1.88 bits per heavy atom. The van der Waals surface area contributed by atoms with Gasteiger partial charge in [-0.05, 0) is 25.8 Å². The van der Waals surface area contributed by atoms with Crippen molar-refractivity contribution in [1.29, 1.82) is 0 Å². The molecule has 1 aromatic heterocycles. The lowest BCUT2D eigenvalue weighted by atomic mass is 10.1. The van der Waals surface area contributed by atoms with Crippen LogP contribution in [-0.4, -0.2) is 41.3 Å². The molecule has 2 aromatic rings. The summed E-state index contributed by atoms with van der Waals surface area (Å²) >= 11 is 1.54. The molecule has 0 aliphatic carbocycles. The second-order valence-corrected chi connectivity index (χ2v) is 6.59. The number of amides is 2. The van der Waals surface area contributed by atoms with E-state index >= 15 is 0 Å². The fourth-order valence-electron chi connectivity index (χ4n) is 2.47. The van der Waals surface area contributed by atoms with Crippen molar-refractivity contribution in [3.05, 3.63) is 40.9 Å². The highest BCUT2D eigenvalue weighted by atomic mass is 32.1. The Kier molecular flexibility index (Phi) is 7.13. The van der Waals surface area contributed by atoms with Crippen LogP contribution in [-0.2, 0) is 22.4 Å². The van der Waals surface area contributed by atoms with Crippen LogP contribution in [0.4, 0.5) is 0 Å². The van der Waals surface area contributed by atoms with E-state index in [0.29, 0.717) is 13.1 Å². The third-order valence-corrected chi connectivity index (χ3v) is 4.88. The Bertz CT molecular complexity index is 710. The van der Waals surface area contributed by atoms with Gasteiger partial charge in [0.15, 0.2) is 0 Å². The van der Waals surface area contributed by atoms with Crippen LogP contribution in [0.25, 0.3) is 10.6 Å². The van der Waals surface area contributed by atoms with E-state index in [1.807, 2.05) is 19.2 Å². The van der Waals surface area contributed by atoms with Gasteiger partial charge in [0.25, 0.3) is 0 Å². The van der Waals surface area contributed by atoms with Gasteiger partial charge in [0.1, 0.15) is 5.01 Å². The molecule has 25 heavy (non-hydrogen) atoms. The first-order valence-electron chi connectivity index (χ1n) is 8.65. The van der Waals surface area contributed by atoms with E-state index in [0.717, 1.165) is 22.7 Å². The number of aryl methyl sites for hydroxylation is 1. The molecule has 0 spiro atoms. The molecular formula is C19H25N3O2S. The molecule has 0 saturated heterocycles. The van der Waals surface area contributed by atoms with Gasteiger partial charge in [0.2, 0.25) is 11.8 Å². The van der Waals surface area contributed by atoms with Crippen LogP contribution >= 0.6 is 11.3 Å². The van der Waals surface area contributed by atoms with E-state index in [4.69, 9.17) is 0 Å². The van der Waals surface area contributed by atoms with Gasteiger partial charge in [0.05, 0.1) is 18.7 Å². The Morgan fingerprint density at radius 1 is 1.16 bits per heavy atom. The summed E-state index contributed by atoms with van der Waals surface area (Å²) in [6.45, 7) is 7.03. The van der Waals surface area contributed by atoms with Crippen LogP contribution in [0.15, 0.2) is 29.6 Å². The van der Waals surface area contributed by atoms with Crippen molar-refractivity contribution in [3.63, 3.8) is 0 Å².